The van der Waals surface area contributed by atoms with E-state index in [1.54, 1.807) is 18.9 Å². The van der Waals surface area contributed by atoms with Gasteiger partial charge in [0, 0.05) is 23.6 Å². The summed E-state index contributed by atoms with van der Waals surface area (Å²) in [6, 6.07) is 20.2. The maximum absolute atomic E-state index is 13.6. The van der Waals surface area contributed by atoms with Crippen molar-refractivity contribution in [2.45, 2.75) is 37.4 Å². The highest BCUT2D eigenvalue weighted by molar-refractivity contribution is 7.99. The number of nitrogens with zero attached hydrogens (tertiary/aromatic N) is 1. The monoisotopic (exact) mass is 518 g/mol. The van der Waals surface area contributed by atoms with Gasteiger partial charge in [-0.1, -0.05) is 55.5 Å². The number of nitrogens with one attached hydrogen (secondary N) is 2. The smallest absolute Gasteiger partial charge is 0.312 e. The standard InChI is InChI=1S/C28H30N4O4S/c1-3-26(33)31-23-17-37-25-14-21(36-2)12-13-24(25)32(27(23)34)16-18-8-10-19(11-9-18)22-7-5-4-6-20(22)15-30-28(29)35/h4-14,23H,3,15-17H2,1-2H3,(H,31,33)(H3,29,30,35)/t23-/m1/s1. The maximum atomic E-state index is 13.6. The van der Waals surface area contributed by atoms with E-state index in [0.717, 1.165) is 32.8 Å². The molecule has 1 aliphatic rings. The first-order valence-corrected chi connectivity index (χ1v) is 13.0. The highest BCUT2D eigenvalue weighted by atomic mass is 32.2. The Morgan fingerprint density at radius 1 is 1.11 bits per heavy atom. The van der Waals surface area contributed by atoms with Crippen molar-refractivity contribution < 1.29 is 19.1 Å². The second-order valence-electron chi connectivity index (χ2n) is 8.61. The number of nitrogens with two attached hydrogens (primary N) is 1. The Bertz CT molecular complexity index is 1300. The van der Waals surface area contributed by atoms with Crippen LogP contribution in [0.2, 0.25) is 0 Å². The van der Waals surface area contributed by atoms with Gasteiger partial charge in [0.1, 0.15) is 11.8 Å². The summed E-state index contributed by atoms with van der Waals surface area (Å²) >= 11 is 1.53. The molecule has 1 heterocycles. The Labute approximate surface area is 220 Å². The Morgan fingerprint density at radius 2 is 1.86 bits per heavy atom. The molecule has 9 heteroatoms. The van der Waals surface area contributed by atoms with Gasteiger partial charge in [-0.3, -0.25) is 9.59 Å². The summed E-state index contributed by atoms with van der Waals surface area (Å²) < 4.78 is 5.39. The lowest BCUT2D eigenvalue weighted by Crippen LogP contribution is -2.49. The van der Waals surface area contributed by atoms with E-state index in [1.807, 2.05) is 66.7 Å². The quantitative estimate of drug-likeness (QED) is 0.416. The van der Waals surface area contributed by atoms with E-state index in [-0.39, 0.29) is 11.8 Å². The lowest BCUT2D eigenvalue weighted by atomic mass is 9.98. The summed E-state index contributed by atoms with van der Waals surface area (Å²) in [6.07, 6.45) is 0.313. The molecule has 0 bridgehead atoms. The van der Waals surface area contributed by atoms with Gasteiger partial charge >= 0.3 is 6.03 Å². The highest BCUT2D eigenvalue weighted by Gasteiger charge is 2.32. The summed E-state index contributed by atoms with van der Waals surface area (Å²) in [6.45, 7) is 2.45. The number of carbonyl (C=O) groups excluding carboxylic acids is 3. The fraction of sp³-hybridized carbons (Fsp3) is 0.250. The van der Waals surface area contributed by atoms with Crippen LogP contribution in [0, 0.1) is 0 Å². The fourth-order valence-corrected chi connectivity index (χ4v) is 5.28. The minimum absolute atomic E-state index is 0.148. The molecular formula is C28H30N4O4S. The molecule has 0 unspecified atom stereocenters. The van der Waals surface area contributed by atoms with E-state index in [1.165, 1.54) is 11.8 Å². The van der Waals surface area contributed by atoms with Crippen molar-refractivity contribution >= 4 is 35.3 Å². The van der Waals surface area contributed by atoms with Crippen LogP contribution in [0.5, 0.6) is 5.75 Å². The average molecular weight is 519 g/mol. The van der Waals surface area contributed by atoms with Crippen molar-refractivity contribution in [3.8, 4) is 16.9 Å². The van der Waals surface area contributed by atoms with Crippen LogP contribution >= 0.6 is 11.8 Å². The van der Waals surface area contributed by atoms with Crippen molar-refractivity contribution in [1.29, 1.82) is 0 Å². The molecule has 3 aromatic rings. The molecular weight excluding hydrogens is 488 g/mol. The summed E-state index contributed by atoms with van der Waals surface area (Å²) in [5.41, 5.74) is 9.90. The molecule has 1 aliphatic heterocycles. The molecule has 4 amide bonds. The SMILES string of the molecule is CCC(=O)N[C@@H]1CSc2cc(OC)ccc2N(Cc2ccc(-c3ccccc3CNC(N)=O)cc2)C1=O. The van der Waals surface area contributed by atoms with Crippen molar-refractivity contribution in [3.05, 3.63) is 77.9 Å². The fourth-order valence-electron chi connectivity index (χ4n) is 4.18. The number of benzene rings is 3. The van der Waals surface area contributed by atoms with Crippen molar-refractivity contribution in [2.75, 3.05) is 17.8 Å². The van der Waals surface area contributed by atoms with Gasteiger partial charge in [0.25, 0.3) is 5.91 Å². The number of ether oxygens (including phenoxy) is 1. The number of amides is 4. The Hall–Kier alpha value is -3.98. The molecule has 0 saturated heterocycles. The second kappa shape index (κ2) is 11.8. The molecule has 8 nitrogen and oxygen atoms in total. The Morgan fingerprint density at radius 3 is 2.57 bits per heavy atom. The third-order valence-corrected chi connectivity index (χ3v) is 7.30. The molecule has 0 fully saturated rings. The van der Waals surface area contributed by atoms with E-state index in [9.17, 15) is 14.4 Å². The summed E-state index contributed by atoms with van der Waals surface area (Å²) in [5.74, 6) is 0.848. The zero-order valence-electron chi connectivity index (χ0n) is 20.8. The number of thioether (sulfide) groups is 1. The molecule has 4 rings (SSSR count). The molecule has 0 aliphatic carbocycles. The van der Waals surface area contributed by atoms with Crippen LogP contribution in [0.1, 0.15) is 24.5 Å². The van der Waals surface area contributed by atoms with Crippen molar-refractivity contribution in [3.63, 3.8) is 0 Å². The lowest BCUT2D eigenvalue weighted by Gasteiger charge is -2.26. The average Bonchev–Trinajstić information content (AvgIpc) is 3.04. The van der Waals surface area contributed by atoms with Gasteiger partial charge in [-0.2, -0.15) is 0 Å². The van der Waals surface area contributed by atoms with E-state index >= 15 is 0 Å². The zero-order chi connectivity index (χ0) is 26.4. The number of methoxy groups -OCH3 is 1. The second-order valence-corrected chi connectivity index (χ2v) is 9.68. The number of hydrogen-bond acceptors (Lipinski definition) is 5. The van der Waals surface area contributed by atoms with Gasteiger partial charge in [0.05, 0.1) is 19.3 Å². The predicted molar refractivity (Wildman–Crippen MR) is 145 cm³/mol. The van der Waals surface area contributed by atoms with E-state index in [0.29, 0.717) is 31.0 Å². The number of carbonyl (C=O) groups is 3. The lowest BCUT2D eigenvalue weighted by molar-refractivity contribution is -0.127. The molecule has 3 aromatic carbocycles. The topological polar surface area (TPSA) is 114 Å². The summed E-state index contributed by atoms with van der Waals surface area (Å²) in [4.78, 5) is 39.6. The van der Waals surface area contributed by atoms with E-state index in [4.69, 9.17) is 10.5 Å². The van der Waals surface area contributed by atoms with E-state index < -0.39 is 12.1 Å². The maximum Gasteiger partial charge on any atom is 0.312 e. The van der Waals surface area contributed by atoms with Crippen LogP contribution in [0.3, 0.4) is 0 Å². The summed E-state index contributed by atoms with van der Waals surface area (Å²) in [5, 5.41) is 5.51. The first-order chi connectivity index (χ1) is 17.9. The van der Waals surface area contributed by atoms with Gasteiger partial charge in [0.2, 0.25) is 5.91 Å². The van der Waals surface area contributed by atoms with Gasteiger partial charge < -0.3 is 26.0 Å². The molecule has 37 heavy (non-hydrogen) atoms. The molecule has 0 aromatic heterocycles. The van der Waals surface area contributed by atoms with Gasteiger partial charge in [-0.25, -0.2) is 4.79 Å². The van der Waals surface area contributed by atoms with E-state index in [2.05, 4.69) is 10.6 Å². The number of rotatable bonds is 8. The van der Waals surface area contributed by atoms with Crippen LogP contribution in [-0.2, 0) is 22.7 Å². The third kappa shape index (κ3) is 6.24. The zero-order valence-corrected chi connectivity index (χ0v) is 21.6. The number of urea groups is 1. The van der Waals surface area contributed by atoms with Crippen molar-refractivity contribution in [2.24, 2.45) is 5.73 Å². The van der Waals surface area contributed by atoms with Crippen LogP contribution in [0.4, 0.5) is 10.5 Å². The molecule has 0 spiro atoms. The largest absolute Gasteiger partial charge is 0.497 e. The molecule has 192 valence electrons. The first kappa shape index (κ1) is 26.1. The van der Waals surface area contributed by atoms with Crippen LogP contribution in [-0.4, -0.2) is 36.7 Å². The predicted octanol–water partition coefficient (Wildman–Crippen LogP) is 4.06. The third-order valence-electron chi connectivity index (χ3n) is 6.16. The van der Waals surface area contributed by atoms with Crippen LogP contribution < -0.4 is 26.0 Å². The van der Waals surface area contributed by atoms with Gasteiger partial charge in [-0.15, -0.1) is 11.8 Å². The minimum Gasteiger partial charge on any atom is -0.497 e. The number of hydrogen-bond donors (Lipinski definition) is 3. The molecule has 0 saturated carbocycles. The number of primary amides is 1. The van der Waals surface area contributed by atoms with Gasteiger partial charge in [0.15, 0.2) is 0 Å². The highest BCUT2D eigenvalue weighted by Crippen LogP contribution is 2.38. The number of anilines is 1. The Kier molecular flexibility index (Phi) is 8.35. The van der Waals surface area contributed by atoms with Gasteiger partial charge in [-0.05, 0) is 40.5 Å². The summed E-state index contributed by atoms with van der Waals surface area (Å²) in [7, 11) is 1.61. The molecule has 0 radical (unpaired) electrons. The molecule has 1 atom stereocenters. The minimum atomic E-state index is -0.625. The van der Waals surface area contributed by atoms with Crippen LogP contribution in [0.25, 0.3) is 11.1 Å². The Balaban J connectivity index is 1.62. The first-order valence-electron chi connectivity index (χ1n) is 12.0. The molecule has 4 N–H and O–H groups in total. The van der Waals surface area contributed by atoms with Crippen LogP contribution in [0.15, 0.2) is 71.6 Å². The normalized spacial score (nSPS) is 14.9. The van der Waals surface area contributed by atoms with Crippen molar-refractivity contribution in [1.82, 2.24) is 10.6 Å². The number of fused-ring (bicyclic) bond motifs is 1.